The van der Waals surface area contributed by atoms with Crippen LogP contribution in [-0.4, -0.2) is 30.4 Å². The predicted molar refractivity (Wildman–Crippen MR) is 118 cm³/mol. The predicted octanol–water partition coefficient (Wildman–Crippen LogP) is 4.20. The Morgan fingerprint density at radius 2 is 1.71 bits per heavy atom. The number of nitrogens with zero attached hydrogens (tertiary/aromatic N) is 5. The summed E-state index contributed by atoms with van der Waals surface area (Å²) in [6, 6.07) is 7.53. The first-order valence-corrected chi connectivity index (χ1v) is 10.2. The maximum absolute atomic E-state index is 12.8. The number of carbonyl (C=O) groups excluding carboxylic acids is 1. The van der Waals surface area contributed by atoms with Gasteiger partial charge < -0.3 is 5.32 Å². The van der Waals surface area contributed by atoms with Crippen molar-refractivity contribution in [3.63, 3.8) is 0 Å². The van der Waals surface area contributed by atoms with E-state index >= 15 is 0 Å². The lowest BCUT2D eigenvalue weighted by Crippen LogP contribution is -2.25. The smallest absolute Gasteiger partial charge is 0.312 e. The van der Waals surface area contributed by atoms with E-state index in [1.165, 1.54) is 4.68 Å². The van der Waals surface area contributed by atoms with Crippen LogP contribution in [0.5, 0.6) is 0 Å². The molecule has 0 saturated carbocycles. The van der Waals surface area contributed by atoms with Crippen LogP contribution < -0.4 is 5.32 Å². The Morgan fingerprint density at radius 1 is 1.10 bits per heavy atom. The molecule has 1 aromatic carbocycles. The summed E-state index contributed by atoms with van der Waals surface area (Å²) in [6.45, 7) is 9.54. The highest BCUT2D eigenvalue weighted by molar-refractivity contribution is 6.30. The zero-order valence-corrected chi connectivity index (χ0v) is 18.9. The Labute approximate surface area is 185 Å². The second kappa shape index (κ2) is 8.89. The highest BCUT2D eigenvalue weighted by atomic mass is 35.5. The third kappa shape index (κ3) is 4.77. The van der Waals surface area contributed by atoms with Gasteiger partial charge in [0, 0.05) is 5.02 Å². The number of benzene rings is 1. The molecule has 2 heterocycles. The molecule has 9 nitrogen and oxygen atoms in total. The summed E-state index contributed by atoms with van der Waals surface area (Å²) in [6.07, 6.45) is 0. The molecule has 0 aliphatic heterocycles. The highest BCUT2D eigenvalue weighted by Crippen LogP contribution is 2.24. The number of anilines is 1. The van der Waals surface area contributed by atoms with E-state index in [9.17, 15) is 14.9 Å². The second-order valence-corrected chi connectivity index (χ2v) is 8.12. The van der Waals surface area contributed by atoms with Gasteiger partial charge in [-0.15, -0.1) is 0 Å². The number of hydrogen-bond donors (Lipinski definition) is 1. The number of nitro groups is 1. The molecule has 1 N–H and O–H groups in total. The van der Waals surface area contributed by atoms with Crippen molar-refractivity contribution in [2.24, 2.45) is 5.92 Å². The van der Waals surface area contributed by atoms with E-state index in [0.717, 1.165) is 11.3 Å². The Hall–Kier alpha value is -3.20. The van der Waals surface area contributed by atoms with Gasteiger partial charge in [-0.3, -0.25) is 24.3 Å². The standard InChI is InChI=1S/C21H25ClN6O3/c1-12(10-26-16(5)20(28(30)31)14(3)25-26)21(29)23-19-13(2)24-27(15(19)4)11-17-6-8-18(22)9-7-17/h6-9,12H,10-11H2,1-5H3,(H,23,29). The summed E-state index contributed by atoms with van der Waals surface area (Å²) in [5.41, 5.74) is 4.04. The van der Waals surface area contributed by atoms with Crippen LogP contribution in [0.3, 0.4) is 0 Å². The van der Waals surface area contributed by atoms with Crippen LogP contribution in [0.1, 0.15) is 35.3 Å². The van der Waals surface area contributed by atoms with Gasteiger partial charge in [-0.2, -0.15) is 10.2 Å². The van der Waals surface area contributed by atoms with Gasteiger partial charge in [0.1, 0.15) is 11.4 Å². The van der Waals surface area contributed by atoms with Crippen LogP contribution in [0.2, 0.25) is 5.02 Å². The molecular formula is C21H25ClN6O3. The van der Waals surface area contributed by atoms with E-state index in [1.54, 1.807) is 20.8 Å². The molecule has 0 aliphatic rings. The van der Waals surface area contributed by atoms with E-state index in [-0.39, 0.29) is 18.1 Å². The third-order valence-electron chi connectivity index (χ3n) is 5.30. The molecule has 0 radical (unpaired) electrons. The minimum atomic E-state index is -0.448. The van der Waals surface area contributed by atoms with Gasteiger partial charge in [0.2, 0.25) is 5.91 Å². The van der Waals surface area contributed by atoms with E-state index < -0.39 is 10.8 Å². The molecule has 3 aromatic rings. The second-order valence-electron chi connectivity index (χ2n) is 7.68. The number of nitrogens with one attached hydrogen (secondary N) is 1. The zero-order chi connectivity index (χ0) is 22.9. The molecule has 3 rings (SSSR count). The molecule has 1 atom stereocenters. The summed E-state index contributed by atoms with van der Waals surface area (Å²) in [5.74, 6) is -0.650. The minimum absolute atomic E-state index is 0.0113. The molecule has 0 spiro atoms. The van der Waals surface area contributed by atoms with E-state index in [4.69, 9.17) is 11.6 Å². The summed E-state index contributed by atoms with van der Waals surface area (Å²) in [4.78, 5) is 23.6. The fraction of sp³-hybridized carbons (Fsp3) is 0.381. The quantitative estimate of drug-likeness (QED) is 0.434. The number of rotatable bonds is 7. The van der Waals surface area contributed by atoms with E-state index in [1.807, 2.05) is 42.8 Å². The van der Waals surface area contributed by atoms with Crippen molar-refractivity contribution in [2.75, 3.05) is 5.32 Å². The molecule has 0 aliphatic carbocycles. The van der Waals surface area contributed by atoms with Crippen molar-refractivity contribution in [1.29, 1.82) is 0 Å². The van der Waals surface area contributed by atoms with Gasteiger partial charge in [0.25, 0.3) is 0 Å². The van der Waals surface area contributed by atoms with Crippen LogP contribution in [0.15, 0.2) is 24.3 Å². The largest absolute Gasteiger partial charge is 0.323 e. The highest BCUT2D eigenvalue weighted by Gasteiger charge is 2.25. The molecule has 1 amide bonds. The van der Waals surface area contributed by atoms with Crippen LogP contribution in [0.25, 0.3) is 0 Å². The monoisotopic (exact) mass is 444 g/mol. The van der Waals surface area contributed by atoms with Crippen molar-refractivity contribution in [1.82, 2.24) is 19.6 Å². The molecule has 0 saturated heterocycles. The molecule has 31 heavy (non-hydrogen) atoms. The third-order valence-corrected chi connectivity index (χ3v) is 5.55. The minimum Gasteiger partial charge on any atom is -0.323 e. The molecule has 1 unspecified atom stereocenters. The maximum Gasteiger partial charge on any atom is 0.312 e. The molecule has 0 fully saturated rings. The first-order chi connectivity index (χ1) is 14.6. The van der Waals surface area contributed by atoms with Crippen LogP contribution in [-0.2, 0) is 17.9 Å². The zero-order valence-electron chi connectivity index (χ0n) is 18.1. The lowest BCUT2D eigenvalue weighted by atomic mass is 10.1. The van der Waals surface area contributed by atoms with Crippen LogP contribution >= 0.6 is 11.6 Å². The number of carbonyl (C=O) groups is 1. The van der Waals surface area contributed by atoms with E-state index in [0.29, 0.717) is 34.3 Å². The lowest BCUT2D eigenvalue weighted by molar-refractivity contribution is -0.386. The van der Waals surface area contributed by atoms with Gasteiger partial charge in [-0.05, 0) is 45.4 Å². The van der Waals surface area contributed by atoms with Gasteiger partial charge in [-0.25, -0.2) is 0 Å². The van der Waals surface area contributed by atoms with Gasteiger partial charge in [0.05, 0.1) is 41.0 Å². The van der Waals surface area contributed by atoms with Crippen molar-refractivity contribution in [3.8, 4) is 0 Å². The summed E-state index contributed by atoms with van der Waals surface area (Å²) in [5, 5.41) is 23.6. The lowest BCUT2D eigenvalue weighted by Gasteiger charge is -2.13. The van der Waals surface area contributed by atoms with Gasteiger partial charge in [-0.1, -0.05) is 30.7 Å². The molecule has 0 bridgehead atoms. The number of halogens is 1. The Bertz CT molecular complexity index is 1130. The molecule has 10 heteroatoms. The Balaban J connectivity index is 1.73. The van der Waals surface area contributed by atoms with E-state index in [2.05, 4.69) is 15.5 Å². The Morgan fingerprint density at radius 3 is 2.29 bits per heavy atom. The van der Waals surface area contributed by atoms with Crippen molar-refractivity contribution in [2.45, 2.75) is 47.7 Å². The van der Waals surface area contributed by atoms with Crippen molar-refractivity contribution in [3.05, 3.63) is 67.7 Å². The normalized spacial score (nSPS) is 12.1. The summed E-state index contributed by atoms with van der Waals surface area (Å²) in [7, 11) is 0. The fourth-order valence-electron chi connectivity index (χ4n) is 3.51. The van der Waals surface area contributed by atoms with Crippen molar-refractivity contribution < 1.29 is 9.72 Å². The number of amides is 1. The summed E-state index contributed by atoms with van der Waals surface area (Å²) >= 11 is 5.95. The van der Waals surface area contributed by atoms with Crippen molar-refractivity contribution >= 4 is 28.9 Å². The first kappa shape index (κ1) is 22.5. The average molecular weight is 445 g/mol. The average Bonchev–Trinajstić information content (AvgIpc) is 3.12. The first-order valence-electron chi connectivity index (χ1n) is 9.86. The summed E-state index contributed by atoms with van der Waals surface area (Å²) < 4.78 is 3.35. The molecular weight excluding hydrogens is 420 g/mol. The number of aryl methyl sites for hydroxylation is 2. The number of aromatic nitrogens is 4. The SMILES string of the molecule is Cc1nn(Cc2ccc(Cl)cc2)c(C)c1NC(=O)C(C)Cn1nc(C)c([N+](=O)[O-])c1C. The van der Waals surface area contributed by atoms with Gasteiger partial charge >= 0.3 is 5.69 Å². The van der Waals surface area contributed by atoms with Gasteiger partial charge in [0.15, 0.2) is 0 Å². The fourth-order valence-corrected chi connectivity index (χ4v) is 3.64. The molecule has 2 aromatic heterocycles. The van der Waals surface area contributed by atoms with Crippen LogP contribution in [0.4, 0.5) is 11.4 Å². The maximum atomic E-state index is 12.8. The number of hydrogen-bond acceptors (Lipinski definition) is 5. The topological polar surface area (TPSA) is 108 Å². The Kier molecular flexibility index (Phi) is 6.45. The van der Waals surface area contributed by atoms with Crippen LogP contribution in [0, 0.1) is 43.7 Å². The molecule has 164 valence electrons.